The van der Waals surface area contributed by atoms with E-state index in [1.54, 1.807) is 23.6 Å². The van der Waals surface area contributed by atoms with Gasteiger partial charge in [-0.2, -0.15) is 0 Å². The predicted molar refractivity (Wildman–Crippen MR) is 82.1 cm³/mol. The Morgan fingerprint density at radius 1 is 1.50 bits per heavy atom. The summed E-state index contributed by atoms with van der Waals surface area (Å²) in [5.74, 6) is 6.07. The molecular formula is C13H13N7O2. The Balaban J connectivity index is 2.70. The van der Waals surface area contributed by atoms with Gasteiger partial charge in [0.25, 0.3) is 5.56 Å². The first-order valence-corrected chi connectivity index (χ1v) is 6.36. The molecule has 0 saturated carbocycles. The summed E-state index contributed by atoms with van der Waals surface area (Å²) in [6.07, 6.45) is 3.24. The van der Waals surface area contributed by atoms with Gasteiger partial charge >= 0.3 is 5.69 Å². The molecule has 0 fully saturated rings. The minimum atomic E-state index is -0.534. The van der Waals surface area contributed by atoms with Crippen LogP contribution in [-0.4, -0.2) is 25.6 Å². The standard InChI is InChI=1S/C13H13N7O2/c1-3-4-8-20-9(6-5-7-15-18-14)16-11-10(20)12(21)17-13(22)19(11)2/h5-6H,7-8H2,1-2H3,(H,17,21,22). The molecule has 0 bridgehead atoms. The van der Waals surface area contributed by atoms with Gasteiger partial charge in [0, 0.05) is 18.5 Å². The lowest BCUT2D eigenvalue weighted by Crippen LogP contribution is -2.29. The minimum Gasteiger partial charge on any atom is -0.307 e. The number of fused-ring (bicyclic) bond motifs is 1. The molecule has 0 aliphatic rings. The van der Waals surface area contributed by atoms with Crippen molar-refractivity contribution in [3.63, 3.8) is 0 Å². The molecule has 0 saturated heterocycles. The van der Waals surface area contributed by atoms with Crippen LogP contribution in [0, 0.1) is 11.8 Å². The van der Waals surface area contributed by atoms with Crippen molar-refractivity contribution in [3.8, 4) is 11.8 Å². The molecule has 0 spiro atoms. The Labute approximate surface area is 124 Å². The molecular weight excluding hydrogens is 286 g/mol. The van der Waals surface area contributed by atoms with E-state index in [9.17, 15) is 9.59 Å². The van der Waals surface area contributed by atoms with Gasteiger partial charge in [0.05, 0.1) is 6.54 Å². The third-order valence-electron chi connectivity index (χ3n) is 2.97. The van der Waals surface area contributed by atoms with Crippen molar-refractivity contribution in [3.05, 3.63) is 43.2 Å². The first-order chi connectivity index (χ1) is 10.6. The summed E-state index contributed by atoms with van der Waals surface area (Å²) in [4.78, 5) is 32.9. The maximum atomic E-state index is 12.1. The lowest BCUT2D eigenvalue weighted by Gasteiger charge is -2.01. The molecule has 0 radical (unpaired) electrons. The largest absolute Gasteiger partial charge is 0.329 e. The van der Waals surface area contributed by atoms with Gasteiger partial charge in [-0.3, -0.25) is 14.3 Å². The molecule has 0 unspecified atom stereocenters. The van der Waals surface area contributed by atoms with E-state index in [2.05, 4.69) is 31.8 Å². The first kappa shape index (κ1) is 15.2. The highest BCUT2D eigenvalue weighted by Gasteiger charge is 2.14. The number of aromatic amines is 1. The van der Waals surface area contributed by atoms with Gasteiger partial charge in [0.1, 0.15) is 5.82 Å². The van der Waals surface area contributed by atoms with E-state index in [4.69, 9.17) is 5.53 Å². The zero-order chi connectivity index (χ0) is 16.1. The van der Waals surface area contributed by atoms with Gasteiger partial charge in [0.15, 0.2) is 11.2 Å². The number of nitrogens with zero attached hydrogens (tertiary/aromatic N) is 6. The van der Waals surface area contributed by atoms with Crippen LogP contribution in [0.4, 0.5) is 0 Å². The number of azide groups is 1. The number of imidazole rings is 1. The molecule has 2 heterocycles. The number of hydrogen-bond donors (Lipinski definition) is 1. The fourth-order valence-electron chi connectivity index (χ4n) is 1.94. The molecule has 112 valence electrons. The van der Waals surface area contributed by atoms with Crippen LogP contribution in [0.5, 0.6) is 0 Å². The number of aromatic nitrogens is 4. The van der Waals surface area contributed by atoms with Crippen LogP contribution in [0.25, 0.3) is 27.7 Å². The Morgan fingerprint density at radius 3 is 2.95 bits per heavy atom. The number of hydrogen-bond acceptors (Lipinski definition) is 4. The quantitative estimate of drug-likeness (QED) is 0.388. The van der Waals surface area contributed by atoms with Crippen LogP contribution in [0.2, 0.25) is 0 Å². The number of aryl methyl sites for hydroxylation is 1. The van der Waals surface area contributed by atoms with E-state index in [1.165, 1.54) is 11.6 Å². The SMILES string of the molecule is CC#CCn1c(C=CCN=[N+]=[N-])nc2c1c(=O)[nH]c(=O)n2C. The van der Waals surface area contributed by atoms with Crippen molar-refractivity contribution in [1.82, 2.24) is 19.1 Å². The Kier molecular flexibility index (Phi) is 4.46. The molecule has 1 N–H and O–H groups in total. The molecule has 0 amide bonds. The van der Waals surface area contributed by atoms with Crippen LogP contribution in [0.1, 0.15) is 12.7 Å². The average molecular weight is 299 g/mol. The molecule has 2 aromatic heterocycles. The van der Waals surface area contributed by atoms with Crippen LogP contribution in [0.15, 0.2) is 20.8 Å². The molecule has 0 aliphatic heterocycles. The lowest BCUT2D eigenvalue weighted by atomic mass is 10.4. The Morgan fingerprint density at radius 2 is 2.27 bits per heavy atom. The molecule has 0 atom stereocenters. The topological polar surface area (TPSA) is 121 Å². The van der Waals surface area contributed by atoms with Crippen LogP contribution < -0.4 is 11.2 Å². The van der Waals surface area contributed by atoms with Gasteiger partial charge in [-0.1, -0.05) is 17.1 Å². The second kappa shape index (κ2) is 6.47. The summed E-state index contributed by atoms with van der Waals surface area (Å²) in [5.41, 5.74) is 7.75. The molecule has 22 heavy (non-hydrogen) atoms. The van der Waals surface area contributed by atoms with E-state index in [0.29, 0.717) is 5.82 Å². The molecule has 0 aliphatic carbocycles. The zero-order valence-corrected chi connectivity index (χ0v) is 12.1. The monoisotopic (exact) mass is 299 g/mol. The van der Waals surface area contributed by atoms with Crippen LogP contribution >= 0.6 is 0 Å². The zero-order valence-electron chi connectivity index (χ0n) is 12.1. The normalized spacial score (nSPS) is 10.5. The van der Waals surface area contributed by atoms with E-state index < -0.39 is 11.2 Å². The van der Waals surface area contributed by atoms with Crippen molar-refractivity contribution in [2.75, 3.05) is 6.54 Å². The third-order valence-corrected chi connectivity index (χ3v) is 2.97. The van der Waals surface area contributed by atoms with E-state index in [0.717, 1.165) is 0 Å². The maximum Gasteiger partial charge on any atom is 0.329 e. The fourth-order valence-corrected chi connectivity index (χ4v) is 1.94. The molecule has 9 heteroatoms. The van der Waals surface area contributed by atoms with Crippen molar-refractivity contribution in [1.29, 1.82) is 0 Å². The summed E-state index contributed by atoms with van der Waals surface area (Å²) in [5, 5.41) is 3.39. The highest BCUT2D eigenvalue weighted by Crippen LogP contribution is 2.11. The van der Waals surface area contributed by atoms with Crippen LogP contribution in [0.3, 0.4) is 0 Å². The summed E-state index contributed by atoms with van der Waals surface area (Å²) in [6, 6.07) is 0. The average Bonchev–Trinajstić information content (AvgIpc) is 2.86. The maximum absolute atomic E-state index is 12.1. The Bertz CT molecular complexity index is 958. The smallest absolute Gasteiger partial charge is 0.307 e. The minimum absolute atomic E-state index is 0.161. The van der Waals surface area contributed by atoms with E-state index >= 15 is 0 Å². The first-order valence-electron chi connectivity index (χ1n) is 6.36. The molecule has 0 aromatic carbocycles. The highest BCUT2D eigenvalue weighted by atomic mass is 16.2. The lowest BCUT2D eigenvalue weighted by molar-refractivity contribution is 0.821. The summed E-state index contributed by atoms with van der Waals surface area (Å²) in [6.45, 7) is 2.11. The highest BCUT2D eigenvalue weighted by molar-refractivity contribution is 5.73. The molecule has 2 aromatic rings. The summed E-state index contributed by atoms with van der Waals surface area (Å²) >= 11 is 0. The van der Waals surface area contributed by atoms with Crippen molar-refractivity contribution in [2.45, 2.75) is 13.5 Å². The number of H-pyrrole nitrogens is 1. The van der Waals surface area contributed by atoms with Crippen LogP contribution in [-0.2, 0) is 13.6 Å². The Hall–Kier alpha value is -3.24. The molecule has 9 nitrogen and oxygen atoms in total. The molecule has 2 rings (SSSR count). The summed E-state index contributed by atoms with van der Waals surface area (Å²) in [7, 11) is 1.52. The van der Waals surface area contributed by atoms with E-state index in [1.807, 2.05) is 0 Å². The second-order valence-electron chi connectivity index (χ2n) is 4.29. The summed E-state index contributed by atoms with van der Waals surface area (Å²) < 4.78 is 2.87. The van der Waals surface area contributed by atoms with Gasteiger partial charge < -0.3 is 4.57 Å². The third kappa shape index (κ3) is 2.77. The van der Waals surface area contributed by atoms with Gasteiger partial charge in [0.2, 0.25) is 0 Å². The number of rotatable bonds is 4. The van der Waals surface area contributed by atoms with Gasteiger partial charge in [-0.25, -0.2) is 9.78 Å². The van der Waals surface area contributed by atoms with Gasteiger partial charge in [-0.05, 0) is 18.5 Å². The predicted octanol–water partition coefficient (Wildman–Crippen LogP) is 0.770. The van der Waals surface area contributed by atoms with Gasteiger partial charge in [-0.15, -0.1) is 5.92 Å². The second-order valence-corrected chi connectivity index (χ2v) is 4.29. The van der Waals surface area contributed by atoms with Crippen molar-refractivity contribution >= 4 is 17.2 Å². The van der Waals surface area contributed by atoms with Crippen molar-refractivity contribution < 1.29 is 0 Å². The van der Waals surface area contributed by atoms with Crippen molar-refractivity contribution in [2.24, 2.45) is 12.2 Å². The fraction of sp³-hybridized carbons (Fsp3) is 0.308. The number of nitrogens with one attached hydrogen (secondary N) is 1. The van der Waals surface area contributed by atoms with E-state index in [-0.39, 0.29) is 24.3 Å².